The Kier molecular flexibility index (Phi) is 5.12. The van der Waals surface area contributed by atoms with Crippen molar-refractivity contribution in [3.8, 4) is 11.8 Å². The van der Waals surface area contributed by atoms with E-state index in [1.165, 1.54) is 4.90 Å². The Labute approximate surface area is 119 Å². The van der Waals surface area contributed by atoms with Gasteiger partial charge in [0.2, 0.25) is 0 Å². The smallest absolute Gasteiger partial charge is 0.263 e. The van der Waals surface area contributed by atoms with Gasteiger partial charge in [0, 0.05) is 13.6 Å². The number of nitrogens with zero attached hydrogens (tertiary/aromatic N) is 2. The molecule has 1 aromatic rings. The van der Waals surface area contributed by atoms with Gasteiger partial charge in [0.1, 0.15) is 5.75 Å². The number of carbonyl (C=O) groups is 1. The molecular weight excluding hydrogens is 256 g/mol. The average molecular weight is 276 g/mol. The van der Waals surface area contributed by atoms with Gasteiger partial charge in [-0.1, -0.05) is 0 Å². The molecule has 0 heterocycles. The molecule has 0 saturated heterocycles. The standard InChI is InChI=1S/C15H20N2O3/c1-11(14(18)17(4)10-15(2,3)19)20-13-7-5-12(9-16)6-8-13/h5-8,11,19H,10H2,1-4H3. The lowest BCUT2D eigenvalue weighted by molar-refractivity contribution is -0.139. The third-order valence-electron chi connectivity index (χ3n) is 2.64. The van der Waals surface area contributed by atoms with Crippen molar-refractivity contribution in [2.24, 2.45) is 0 Å². The first kappa shape index (κ1) is 16.0. The minimum Gasteiger partial charge on any atom is -0.481 e. The minimum atomic E-state index is -0.946. The molecule has 0 aromatic heterocycles. The van der Waals surface area contributed by atoms with Crippen LogP contribution >= 0.6 is 0 Å². The summed E-state index contributed by atoms with van der Waals surface area (Å²) in [6.45, 7) is 5.17. The second kappa shape index (κ2) is 6.40. The van der Waals surface area contributed by atoms with Crippen molar-refractivity contribution >= 4 is 5.91 Å². The highest BCUT2D eigenvalue weighted by Gasteiger charge is 2.24. The third-order valence-corrected chi connectivity index (χ3v) is 2.64. The summed E-state index contributed by atoms with van der Waals surface area (Å²) in [6.07, 6.45) is -0.657. The van der Waals surface area contributed by atoms with Crippen LogP contribution in [-0.2, 0) is 4.79 Å². The van der Waals surface area contributed by atoms with E-state index >= 15 is 0 Å². The molecule has 0 bridgehead atoms. The molecule has 5 heteroatoms. The van der Waals surface area contributed by atoms with Crippen LogP contribution in [0.3, 0.4) is 0 Å². The zero-order valence-electron chi connectivity index (χ0n) is 12.3. The molecule has 0 saturated carbocycles. The van der Waals surface area contributed by atoms with Gasteiger partial charge >= 0.3 is 0 Å². The fourth-order valence-corrected chi connectivity index (χ4v) is 1.83. The fraction of sp³-hybridized carbons (Fsp3) is 0.467. The Bertz CT molecular complexity index is 497. The van der Waals surface area contributed by atoms with Crippen LogP contribution in [0.2, 0.25) is 0 Å². The number of aliphatic hydroxyl groups is 1. The second-order valence-corrected chi connectivity index (χ2v) is 5.40. The van der Waals surface area contributed by atoms with Gasteiger partial charge < -0.3 is 14.7 Å². The van der Waals surface area contributed by atoms with E-state index in [0.29, 0.717) is 11.3 Å². The molecule has 0 radical (unpaired) electrons. The van der Waals surface area contributed by atoms with Gasteiger partial charge in [-0.3, -0.25) is 4.79 Å². The number of rotatable bonds is 5. The molecule has 0 aliphatic carbocycles. The molecule has 0 fully saturated rings. The van der Waals surface area contributed by atoms with Gasteiger partial charge in [0.25, 0.3) is 5.91 Å². The quantitative estimate of drug-likeness (QED) is 0.885. The first-order chi connectivity index (χ1) is 9.23. The lowest BCUT2D eigenvalue weighted by Gasteiger charge is -2.27. The van der Waals surface area contributed by atoms with E-state index < -0.39 is 11.7 Å². The maximum absolute atomic E-state index is 12.1. The number of likely N-dealkylation sites (N-methyl/N-ethyl adjacent to an activating group) is 1. The Morgan fingerprint density at radius 1 is 1.45 bits per heavy atom. The first-order valence-corrected chi connectivity index (χ1v) is 6.37. The Morgan fingerprint density at radius 3 is 2.45 bits per heavy atom. The SMILES string of the molecule is CC(Oc1ccc(C#N)cc1)C(=O)N(C)CC(C)(C)O. The number of amides is 1. The average Bonchev–Trinajstić information content (AvgIpc) is 2.36. The van der Waals surface area contributed by atoms with Gasteiger partial charge in [-0.2, -0.15) is 5.26 Å². The van der Waals surface area contributed by atoms with Gasteiger partial charge in [-0.25, -0.2) is 0 Å². The molecule has 1 unspecified atom stereocenters. The van der Waals surface area contributed by atoms with Crippen LogP contribution in [0.15, 0.2) is 24.3 Å². The van der Waals surface area contributed by atoms with Crippen LogP contribution in [0.25, 0.3) is 0 Å². The van der Waals surface area contributed by atoms with Crippen molar-refractivity contribution in [3.63, 3.8) is 0 Å². The maximum atomic E-state index is 12.1. The number of hydrogen-bond donors (Lipinski definition) is 1. The Morgan fingerprint density at radius 2 is 2.00 bits per heavy atom. The van der Waals surface area contributed by atoms with Crippen molar-refractivity contribution < 1.29 is 14.6 Å². The number of benzene rings is 1. The molecule has 1 atom stereocenters. The van der Waals surface area contributed by atoms with Crippen LogP contribution in [0.4, 0.5) is 0 Å². The van der Waals surface area contributed by atoms with Crippen molar-refractivity contribution in [2.75, 3.05) is 13.6 Å². The summed E-state index contributed by atoms with van der Waals surface area (Å²) >= 11 is 0. The molecule has 1 aromatic carbocycles. The fourth-order valence-electron chi connectivity index (χ4n) is 1.83. The molecule has 1 N–H and O–H groups in total. The van der Waals surface area contributed by atoms with Crippen LogP contribution in [0.5, 0.6) is 5.75 Å². The van der Waals surface area contributed by atoms with E-state index in [-0.39, 0.29) is 12.5 Å². The molecule has 5 nitrogen and oxygen atoms in total. The lowest BCUT2D eigenvalue weighted by atomic mass is 10.1. The summed E-state index contributed by atoms with van der Waals surface area (Å²) in [4.78, 5) is 13.5. The summed E-state index contributed by atoms with van der Waals surface area (Å²) in [5.74, 6) is 0.318. The highest BCUT2D eigenvalue weighted by molar-refractivity contribution is 5.80. The second-order valence-electron chi connectivity index (χ2n) is 5.40. The zero-order chi connectivity index (χ0) is 15.3. The van der Waals surface area contributed by atoms with E-state index in [1.54, 1.807) is 52.1 Å². The van der Waals surface area contributed by atoms with E-state index in [4.69, 9.17) is 10.00 Å². The third kappa shape index (κ3) is 4.90. The van der Waals surface area contributed by atoms with Gasteiger partial charge in [-0.05, 0) is 45.0 Å². The summed E-state index contributed by atoms with van der Waals surface area (Å²) < 4.78 is 5.53. The first-order valence-electron chi connectivity index (χ1n) is 6.37. The predicted molar refractivity (Wildman–Crippen MR) is 75.2 cm³/mol. The summed E-state index contributed by atoms with van der Waals surface area (Å²) in [7, 11) is 1.62. The van der Waals surface area contributed by atoms with Crippen LogP contribution in [0.1, 0.15) is 26.3 Å². The molecule has 108 valence electrons. The lowest BCUT2D eigenvalue weighted by Crippen LogP contribution is -2.44. The number of ether oxygens (including phenoxy) is 1. The monoisotopic (exact) mass is 276 g/mol. The van der Waals surface area contributed by atoms with Crippen LogP contribution < -0.4 is 4.74 Å². The van der Waals surface area contributed by atoms with Crippen molar-refractivity contribution in [1.82, 2.24) is 4.90 Å². The van der Waals surface area contributed by atoms with E-state index in [1.807, 2.05) is 6.07 Å². The van der Waals surface area contributed by atoms with Gasteiger partial charge in [0.15, 0.2) is 6.10 Å². The van der Waals surface area contributed by atoms with E-state index in [0.717, 1.165) is 0 Å². The van der Waals surface area contributed by atoms with Crippen molar-refractivity contribution in [3.05, 3.63) is 29.8 Å². The van der Waals surface area contributed by atoms with Crippen LogP contribution in [-0.4, -0.2) is 41.2 Å². The summed E-state index contributed by atoms with van der Waals surface area (Å²) in [5.41, 5.74) is -0.408. The number of hydrogen-bond acceptors (Lipinski definition) is 4. The molecule has 1 rings (SSSR count). The molecule has 0 aliphatic rings. The topological polar surface area (TPSA) is 73.6 Å². The maximum Gasteiger partial charge on any atom is 0.263 e. The number of nitriles is 1. The molecule has 20 heavy (non-hydrogen) atoms. The molecule has 1 amide bonds. The molecular formula is C15H20N2O3. The normalized spacial score (nSPS) is 12.4. The largest absolute Gasteiger partial charge is 0.481 e. The van der Waals surface area contributed by atoms with Crippen molar-refractivity contribution in [1.29, 1.82) is 5.26 Å². The predicted octanol–water partition coefficient (Wildman–Crippen LogP) is 1.55. The molecule has 0 aliphatic heterocycles. The van der Waals surface area contributed by atoms with Crippen LogP contribution in [0, 0.1) is 11.3 Å². The highest BCUT2D eigenvalue weighted by atomic mass is 16.5. The van der Waals surface area contributed by atoms with Gasteiger partial charge in [-0.15, -0.1) is 0 Å². The van der Waals surface area contributed by atoms with Crippen molar-refractivity contribution in [2.45, 2.75) is 32.5 Å². The van der Waals surface area contributed by atoms with E-state index in [9.17, 15) is 9.90 Å². The Balaban J connectivity index is 2.63. The molecule has 0 spiro atoms. The summed E-state index contributed by atoms with van der Waals surface area (Å²) in [6, 6.07) is 8.58. The zero-order valence-corrected chi connectivity index (χ0v) is 12.3. The minimum absolute atomic E-state index is 0.212. The van der Waals surface area contributed by atoms with Gasteiger partial charge in [0.05, 0.1) is 17.2 Å². The number of carbonyl (C=O) groups excluding carboxylic acids is 1. The summed E-state index contributed by atoms with van der Waals surface area (Å²) in [5, 5.41) is 18.4. The Hall–Kier alpha value is -2.06. The highest BCUT2D eigenvalue weighted by Crippen LogP contribution is 2.14. The van der Waals surface area contributed by atoms with E-state index in [2.05, 4.69) is 0 Å².